The zero-order valence-electron chi connectivity index (χ0n) is 13.7. The van der Waals surface area contributed by atoms with Gasteiger partial charge in [-0.1, -0.05) is 31.5 Å². The van der Waals surface area contributed by atoms with Gasteiger partial charge in [0.2, 0.25) is 0 Å². The highest BCUT2D eigenvalue weighted by molar-refractivity contribution is 7.99. The van der Waals surface area contributed by atoms with Gasteiger partial charge in [-0.3, -0.25) is 4.79 Å². The van der Waals surface area contributed by atoms with Crippen LogP contribution in [0.15, 0.2) is 23.1 Å². The standard InChI is InChI=1S/C17H27NO2S/c1-6-20-17(19)15(18-12(2)3)9-10-21-16-8-7-13(4)11-14(16)5/h7-8,11-12,15,18H,6,9-10H2,1-5H3. The van der Waals surface area contributed by atoms with Crippen molar-refractivity contribution in [3.05, 3.63) is 29.3 Å². The summed E-state index contributed by atoms with van der Waals surface area (Å²) in [6.07, 6.45) is 0.773. The van der Waals surface area contributed by atoms with Crippen LogP contribution in [-0.4, -0.2) is 30.4 Å². The predicted molar refractivity (Wildman–Crippen MR) is 89.9 cm³/mol. The van der Waals surface area contributed by atoms with E-state index in [1.54, 1.807) is 11.8 Å². The first-order valence-corrected chi connectivity index (χ1v) is 8.55. The van der Waals surface area contributed by atoms with Gasteiger partial charge < -0.3 is 10.1 Å². The van der Waals surface area contributed by atoms with Crippen molar-refractivity contribution in [2.24, 2.45) is 0 Å². The van der Waals surface area contributed by atoms with E-state index in [1.807, 2.05) is 20.8 Å². The molecule has 1 N–H and O–H groups in total. The Morgan fingerprint density at radius 1 is 1.33 bits per heavy atom. The molecule has 0 radical (unpaired) electrons. The van der Waals surface area contributed by atoms with E-state index in [9.17, 15) is 4.79 Å². The summed E-state index contributed by atoms with van der Waals surface area (Å²) in [5.74, 6) is 0.750. The number of nitrogens with one attached hydrogen (secondary N) is 1. The normalized spacial score (nSPS) is 12.5. The van der Waals surface area contributed by atoms with E-state index >= 15 is 0 Å². The number of hydrogen-bond donors (Lipinski definition) is 1. The van der Waals surface area contributed by atoms with Gasteiger partial charge in [-0.25, -0.2) is 0 Å². The van der Waals surface area contributed by atoms with Gasteiger partial charge >= 0.3 is 5.97 Å². The highest BCUT2D eigenvalue weighted by atomic mass is 32.2. The molecule has 1 atom stereocenters. The van der Waals surface area contributed by atoms with Gasteiger partial charge in [-0.05, 0) is 38.8 Å². The third-order valence-electron chi connectivity index (χ3n) is 3.10. The molecule has 0 amide bonds. The first-order chi connectivity index (χ1) is 9.93. The second-order valence-corrected chi connectivity index (χ2v) is 6.67. The van der Waals surface area contributed by atoms with E-state index in [-0.39, 0.29) is 18.1 Å². The Labute approximate surface area is 132 Å². The summed E-state index contributed by atoms with van der Waals surface area (Å²) in [5, 5.41) is 3.29. The topological polar surface area (TPSA) is 38.3 Å². The minimum Gasteiger partial charge on any atom is -0.465 e. The number of ether oxygens (including phenoxy) is 1. The van der Waals surface area contributed by atoms with Crippen LogP contribution in [0.25, 0.3) is 0 Å². The highest BCUT2D eigenvalue weighted by Gasteiger charge is 2.20. The first kappa shape index (κ1) is 18.1. The summed E-state index contributed by atoms with van der Waals surface area (Å²) in [6.45, 7) is 10.6. The van der Waals surface area contributed by atoms with E-state index in [4.69, 9.17) is 4.74 Å². The summed E-state index contributed by atoms with van der Waals surface area (Å²) in [5.41, 5.74) is 2.58. The molecule has 1 aromatic carbocycles. The molecule has 0 heterocycles. The van der Waals surface area contributed by atoms with Gasteiger partial charge in [0.1, 0.15) is 6.04 Å². The molecule has 0 spiro atoms. The maximum absolute atomic E-state index is 11.9. The zero-order valence-corrected chi connectivity index (χ0v) is 14.5. The molecule has 0 saturated carbocycles. The molecular formula is C17H27NO2S. The third-order valence-corrected chi connectivity index (χ3v) is 4.31. The summed E-state index contributed by atoms with van der Waals surface area (Å²) in [6, 6.07) is 6.53. The highest BCUT2D eigenvalue weighted by Crippen LogP contribution is 2.24. The van der Waals surface area contributed by atoms with E-state index in [0.717, 1.165) is 12.2 Å². The van der Waals surface area contributed by atoms with Crippen LogP contribution in [0.2, 0.25) is 0 Å². The number of esters is 1. The molecule has 1 unspecified atom stereocenters. The fraction of sp³-hybridized carbons (Fsp3) is 0.588. The van der Waals surface area contributed by atoms with Crippen LogP contribution in [0, 0.1) is 13.8 Å². The number of carbonyl (C=O) groups is 1. The number of rotatable bonds is 8. The average molecular weight is 309 g/mol. The molecule has 3 nitrogen and oxygen atoms in total. The quantitative estimate of drug-likeness (QED) is 0.587. The van der Waals surface area contributed by atoms with Crippen LogP contribution in [0.5, 0.6) is 0 Å². The van der Waals surface area contributed by atoms with Crippen molar-refractivity contribution in [1.82, 2.24) is 5.32 Å². The molecule has 0 saturated heterocycles. The summed E-state index contributed by atoms with van der Waals surface area (Å²) < 4.78 is 5.14. The minimum atomic E-state index is -0.219. The summed E-state index contributed by atoms with van der Waals surface area (Å²) >= 11 is 1.80. The second kappa shape index (κ2) is 9.11. The molecular weight excluding hydrogens is 282 g/mol. The fourth-order valence-electron chi connectivity index (χ4n) is 2.16. The lowest BCUT2D eigenvalue weighted by atomic mass is 10.2. The van der Waals surface area contributed by atoms with Gasteiger partial charge in [0, 0.05) is 16.7 Å². The largest absolute Gasteiger partial charge is 0.465 e. The molecule has 1 rings (SSSR count). The van der Waals surface area contributed by atoms with Gasteiger partial charge in [0.05, 0.1) is 6.61 Å². The monoisotopic (exact) mass is 309 g/mol. The zero-order chi connectivity index (χ0) is 15.8. The number of carbonyl (C=O) groups excluding carboxylic acids is 1. The summed E-state index contributed by atoms with van der Waals surface area (Å²) in [7, 11) is 0. The van der Waals surface area contributed by atoms with Crippen LogP contribution in [-0.2, 0) is 9.53 Å². The fourth-order valence-corrected chi connectivity index (χ4v) is 3.19. The molecule has 118 valence electrons. The maximum Gasteiger partial charge on any atom is 0.323 e. The predicted octanol–water partition coefficient (Wildman–Crippen LogP) is 3.72. The molecule has 0 fully saturated rings. The van der Waals surface area contributed by atoms with Crippen LogP contribution >= 0.6 is 11.8 Å². The summed E-state index contributed by atoms with van der Waals surface area (Å²) in [4.78, 5) is 13.2. The molecule has 4 heteroatoms. The first-order valence-electron chi connectivity index (χ1n) is 7.56. The van der Waals surface area contributed by atoms with Gasteiger partial charge in [0.15, 0.2) is 0 Å². The van der Waals surface area contributed by atoms with E-state index in [1.165, 1.54) is 16.0 Å². The molecule has 0 aromatic heterocycles. The Balaban J connectivity index is 2.54. The molecule has 21 heavy (non-hydrogen) atoms. The van der Waals surface area contributed by atoms with Crippen molar-refractivity contribution in [1.29, 1.82) is 0 Å². The van der Waals surface area contributed by atoms with Crippen molar-refractivity contribution < 1.29 is 9.53 Å². The maximum atomic E-state index is 11.9. The van der Waals surface area contributed by atoms with E-state index in [2.05, 4.69) is 37.4 Å². The Bertz CT molecular complexity index is 460. The van der Waals surface area contributed by atoms with Crippen molar-refractivity contribution in [2.45, 2.75) is 58.0 Å². The Hall–Kier alpha value is -1.00. The molecule has 0 bridgehead atoms. The van der Waals surface area contributed by atoms with Crippen molar-refractivity contribution in [2.75, 3.05) is 12.4 Å². The van der Waals surface area contributed by atoms with Gasteiger partial charge in [0.25, 0.3) is 0 Å². The second-order valence-electron chi connectivity index (χ2n) is 5.53. The molecule has 1 aromatic rings. The Kier molecular flexibility index (Phi) is 7.83. The smallest absolute Gasteiger partial charge is 0.323 e. The van der Waals surface area contributed by atoms with Crippen molar-refractivity contribution in [3.63, 3.8) is 0 Å². The Morgan fingerprint density at radius 3 is 2.62 bits per heavy atom. The molecule has 0 aliphatic heterocycles. The number of benzene rings is 1. The lowest BCUT2D eigenvalue weighted by molar-refractivity contribution is -0.145. The van der Waals surface area contributed by atoms with Crippen LogP contribution in [0.4, 0.5) is 0 Å². The average Bonchev–Trinajstić information content (AvgIpc) is 2.39. The minimum absolute atomic E-state index is 0.146. The molecule has 0 aliphatic carbocycles. The Morgan fingerprint density at radius 2 is 2.05 bits per heavy atom. The van der Waals surface area contributed by atoms with Gasteiger partial charge in [-0.2, -0.15) is 0 Å². The van der Waals surface area contributed by atoms with Gasteiger partial charge in [-0.15, -0.1) is 11.8 Å². The number of thioether (sulfide) groups is 1. The van der Waals surface area contributed by atoms with Crippen molar-refractivity contribution in [3.8, 4) is 0 Å². The molecule has 0 aliphatic rings. The SMILES string of the molecule is CCOC(=O)C(CCSc1ccc(C)cc1C)NC(C)C. The number of aryl methyl sites for hydroxylation is 2. The van der Waals surface area contributed by atoms with Crippen LogP contribution < -0.4 is 5.32 Å². The lowest BCUT2D eigenvalue weighted by Crippen LogP contribution is -2.42. The van der Waals surface area contributed by atoms with E-state index in [0.29, 0.717) is 6.61 Å². The lowest BCUT2D eigenvalue weighted by Gasteiger charge is -2.19. The van der Waals surface area contributed by atoms with Crippen LogP contribution in [0.3, 0.4) is 0 Å². The van der Waals surface area contributed by atoms with Crippen molar-refractivity contribution >= 4 is 17.7 Å². The van der Waals surface area contributed by atoms with Crippen LogP contribution in [0.1, 0.15) is 38.3 Å². The van der Waals surface area contributed by atoms with E-state index < -0.39 is 0 Å². The third kappa shape index (κ3) is 6.53. The number of hydrogen-bond acceptors (Lipinski definition) is 4.